The molecule has 1 aliphatic heterocycles. The second-order valence-corrected chi connectivity index (χ2v) is 24.2. The first-order chi connectivity index (χ1) is 31.3. The number of unbranched alkanes of at least 4 members (excludes halogenated alkanes) is 1. The molecule has 4 rings (SSSR count). The molecule has 65 heavy (non-hydrogen) atoms. The van der Waals surface area contributed by atoms with Gasteiger partial charge in [-0.05, 0) is 83.5 Å². The molecule has 11 heteroatoms. The van der Waals surface area contributed by atoms with Crippen molar-refractivity contribution in [1.82, 2.24) is 0 Å². The predicted octanol–water partition coefficient (Wildman–Crippen LogP) is 12.4. The van der Waals surface area contributed by atoms with Crippen LogP contribution >= 0.6 is 0 Å². The number of carbonyl (C=O) groups is 1. The van der Waals surface area contributed by atoms with Gasteiger partial charge in [0.05, 0.1) is 32.8 Å². The minimum atomic E-state index is -2.24. The van der Waals surface area contributed by atoms with Gasteiger partial charge in [-0.15, -0.1) is 0 Å². The minimum Gasteiger partial charge on any atom is -0.497 e. The maximum absolute atomic E-state index is 14.3. The zero-order chi connectivity index (χ0) is 47.2. The van der Waals surface area contributed by atoms with E-state index in [9.17, 15) is 4.79 Å². The molecule has 3 aromatic carbocycles. The Morgan fingerprint density at radius 1 is 0.754 bits per heavy atom. The Balaban J connectivity index is 1.49. The summed E-state index contributed by atoms with van der Waals surface area (Å²) in [6, 6.07) is 28.1. The summed E-state index contributed by atoms with van der Waals surface area (Å²) in [5.41, 5.74) is 4.36. The highest BCUT2D eigenvalue weighted by atomic mass is 28.4. The minimum absolute atomic E-state index is 0.0592. The maximum Gasteiger partial charge on any atom is 0.309 e. The summed E-state index contributed by atoms with van der Waals surface area (Å²) in [5, 5.41) is 0. The summed E-state index contributed by atoms with van der Waals surface area (Å²) in [6.45, 7) is 22.9. The van der Waals surface area contributed by atoms with E-state index in [2.05, 4.69) is 67.5 Å². The van der Waals surface area contributed by atoms with E-state index in [1.54, 1.807) is 14.2 Å². The largest absolute Gasteiger partial charge is 0.497 e. The Morgan fingerprint density at radius 2 is 1.38 bits per heavy atom. The van der Waals surface area contributed by atoms with E-state index in [0.717, 1.165) is 35.3 Å². The van der Waals surface area contributed by atoms with Gasteiger partial charge < -0.3 is 42.3 Å². The number of hydrogen-bond acceptors (Lipinski definition) is 10. The summed E-state index contributed by atoms with van der Waals surface area (Å²) in [4.78, 5) is 14.3. The van der Waals surface area contributed by atoms with Crippen molar-refractivity contribution in [2.75, 3.05) is 40.8 Å². The Morgan fingerprint density at radius 3 is 2.00 bits per heavy atom. The molecule has 3 aromatic rings. The van der Waals surface area contributed by atoms with Crippen molar-refractivity contribution < 1.29 is 47.1 Å². The fourth-order valence-electron chi connectivity index (χ4n) is 9.19. The number of methoxy groups -OCH3 is 2. The molecule has 0 N–H and O–H groups in total. The molecule has 0 saturated carbocycles. The van der Waals surface area contributed by atoms with E-state index in [1.165, 1.54) is 0 Å². The maximum atomic E-state index is 14.3. The van der Waals surface area contributed by atoms with Gasteiger partial charge >= 0.3 is 5.97 Å². The van der Waals surface area contributed by atoms with Crippen molar-refractivity contribution in [3.8, 4) is 5.75 Å². The highest BCUT2D eigenvalue weighted by Gasteiger charge is 2.48. The number of esters is 1. The van der Waals surface area contributed by atoms with Crippen molar-refractivity contribution in [2.24, 2.45) is 17.8 Å². The van der Waals surface area contributed by atoms with Crippen LogP contribution in [0, 0.1) is 17.8 Å². The number of hydrogen-bond donors (Lipinski definition) is 0. The number of carbonyl (C=O) groups excluding carboxylic acids is 1. The summed E-state index contributed by atoms with van der Waals surface area (Å²) in [7, 11) is 1.03. The zero-order valence-electron chi connectivity index (χ0n) is 41.4. The average Bonchev–Trinajstić information content (AvgIpc) is 3.30. The molecule has 10 nitrogen and oxygen atoms in total. The van der Waals surface area contributed by atoms with Crippen molar-refractivity contribution >= 4 is 14.3 Å². The Kier molecular flexibility index (Phi) is 23.9. The van der Waals surface area contributed by atoms with Gasteiger partial charge in [-0.3, -0.25) is 4.79 Å². The summed E-state index contributed by atoms with van der Waals surface area (Å²) < 4.78 is 56.2. The van der Waals surface area contributed by atoms with Gasteiger partial charge in [-0.25, -0.2) is 0 Å². The monoisotopic (exact) mass is 919 g/mol. The van der Waals surface area contributed by atoms with Crippen LogP contribution in [0.3, 0.4) is 0 Å². The van der Waals surface area contributed by atoms with Crippen LogP contribution in [0.2, 0.25) is 16.6 Å². The van der Waals surface area contributed by atoms with Crippen LogP contribution in [-0.2, 0) is 55.6 Å². The first-order valence-electron chi connectivity index (χ1n) is 24.1. The smallest absolute Gasteiger partial charge is 0.309 e. The van der Waals surface area contributed by atoms with Gasteiger partial charge in [0.15, 0.2) is 14.6 Å². The molecule has 0 spiro atoms. The van der Waals surface area contributed by atoms with Crippen LogP contribution in [0.1, 0.15) is 117 Å². The van der Waals surface area contributed by atoms with E-state index in [1.807, 2.05) is 91.9 Å². The Labute approximate surface area is 393 Å². The number of rotatable bonds is 30. The normalized spacial score (nSPS) is 20.0. The van der Waals surface area contributed by atoms with Crippen LogP contribution in [0.15, 0.2) is 97.1 Å². The Hall–Kier alpha value is -3.39. The van der Waals surface area contributed by atoms with Crippen LogP contribution in [0.25, 0.3) is 0 Å². The Bertz CT molecular complexity index is 1730. The lowest BCUT2D eigenvalue weighted by Crippen LogP contribution is -2.54. The molecule has 0 aromatic heterocycles. The van der Waals surface area contributed by atoms with Gasteiger partial charge in [0.25, 0.3) is 0 Å². The average molecular weight is 919 g/mol. The summed E-state index contributed by atoms with van der Waals surface area (Å²) in [6.07, 6.45) is 4.98. The molecule has 0 aliphatic carbocycles. The molecule has 1 heterocycles. The fraction of sp³-hybridized carbons (Fsp3) is 0.611. The molecule has 8 atom stereocenters. The second-order valence-electron chi connectivity index (χ2n) is 18.7. The third-order valence-electron chi connectivity index (χ3n) is 13.1. The highest BCUT2D eigenvalue weighted by Crippen LogP contribution is 2.43. The number of ether oxygens (including phenoxy) is 8. The second kappa shape index (κ2) is 28.7. The highest BCUT2D eigenvalue weighted by molar-refractivity contribution is 6.77. The quantitative estimate of drug-likeness (QED) is 0.0211. The van der Waals surface area contributed by atoms with Crippen molar-refractivity contribution in [2.45, 2.75) is 155 Å². The van der Waals surface area contributed by atoms with Gasteiger partial charge in [0, 0.05) is 25.9 Å². The van der Waals surface area contributed by atoms with Gasteiger partial charge in [-0.2, -0.15) is 0 Å². The topological polar surface area (TPSA) is 100 Å². The molecule has 0 amide bonds. The van der Waals surface area contributed by atoms with Crippen LogP contribution in [0.4, 0.5) is 0 Å². The van der Waals surface area contributed by atoms with E-state index >= 15 is 0 Å². The van der Waals surface area contributed by atoms with Crippen LogP contribution < -0.4 is 4.74 Å². The van der Waals surface area contributed by atoms with Gasteiger partial charge in [-0.1, -0.05) is 148 Å². The first-order valence-corrected chi connectivity index (χ1v) is 26.3. The van der Waals surface area contributed by atoms with E-state index < -0.39 is 39.0 Å². The summed E-state index contributed by atoms with van der Waals surface area (Å²) in [5.74, 6) is 0.847. The zero-order valence-corrected chi connectivity index (χ0v) is 42.4. The lowest BCUT2D eigenvalue weighted by atomic mass is 9.85. The molecule has 0 bridgehead atoms. The molecule has 0 radical (unpaired) electrons. The molecule has 362 valence electrons. The predicted molar refractivity (Wildman–Crippen MR) is 261 cm³/mol. The third-order valence-corrected chi connectivity index (χ3v) is 19.2. The summed E-state index contributed by atoms with van der Waals surface area (Å²) >= 11 is 0. The number of benzene rings is 3. The van der Waals surface area contributed by atoms with Crippen molar-refractivity contribution in [3.63, 3.8) is 0 Å². The van der Waals surface area contributed by atoms with E-state index in [0.29, 0.717) is 68.9 Å². The van der Waals surface area contributed by atoms with E-state index in [-0.39, 0.29) is 30.5 Å². The van der Waals surface area contributed by atoms with Crippen LogP contribution in [0.5, 0.6) is 5.75 Å². The van der Waals surface area contributed by atoms with Crippen molar-refractivity contribution in [1.29, 1.82) is 0 Å². The molecular weight excluding hydrogens is 837 g/mol. The lowest BCUT2D eigenvalue weighted by Gasteiger charge is -2.45. The van der Waals surface area contributed by atoms with Gasteiger partial charge in [0.1, 0.15) is 37.0 Å². The van der Waals surface area contributed by atoms with E-state index in [4.69, 9.17) is 42.3 Å². The van der Waals surface area contributed by atoms with Crippen LogP contribution in [-0.4, -0.2) is 79.5 Å². The van der Waals surface area contributed by atoms with Gasteiger partial charge in [0.2, 0.25) is 0 Å². The first kappa shape index (κ1) is 54.2. The molecule has 0 unspecified atom stereocenters. The third kappa shape index (κ3) is 17.0. The SMILES string of the molecule is CC[C@H](/C=C/[C@@H]1O[C@H](c2ccccc2)O[C@H](CO[Si](C(C)C)(C(C)C)C(C)C)[C@H]1OCOC)OC(=O)[C@H](CCCCOCc1ccc(OC)cc1)C[C@H](C)[C@@H](C)COCc1ccccc1. The molecular formula is C54H82O10Si. The standard InChI is InChI=1S/C54H82O10Si/c1-12-48(30-31-50-52(60-38-56-10)51(64-54(63-50)46-23-17-14-18-24-46)37-61-65(39(2)3,40(4)5)41(6)7)62-53(55)47(25-19-20-32-58-35-45-26-28-49(57-11)29-27-45)33-42(8)43(9)34-59-36-44-21-15-13-16-22-44/h13-18,21-24,26-31,39-43,47-48,50-52,54H,12,19-20,25,32-38H2,1-11H3/b31-30+/t42-,43-,47+,48+,50-,51+,52-,54-/m0/s1. The molecule has 1 aliphatic rings. The molecule has 1 fully saturated rings. The van der Waals surface area contributed by atoms with Crippen molar-refractivity contribution in [3.05, 3.63) is 114 Å². The fourth-order valence-corrected chi connectivity index (χ4v) is 14.6. The molecule has 1 saturated heterocycles. The lowest BCUT2D eigenvalue weighted by molar-refractivity contribution is -0.299.